The van der Waals surface area contributed by atoms with Gasteiger partial charge < -0.3 is 14.7 Å². The summed E-state index contributed by atoms with van der Waals surface area (Å²) in [4.78, 5) is 27.5. The Morgan fingerprint density at radius 2 is 1.70 bits per heavy atom. The molecular formula is C24H20FNO4. The Morgan fingerprint density at radius 3 is 2.37 bits per heavy atom. The lowest BCUT2D eigenvalue weighted by molar-refractivity contribution is -0.136. The Hall–Kier alpha value is -3.51. The molecule has 0 aromatic heterocycles. The maximum absolute atomic E-state index is 13.3. The molecule has 3 aromatic rings. The Labute approximate surface area is 173 Å². The number of nitrogens with zero attached hydrogens (tertiary/aromatic N) is 1. The number of fused-ring (bicyclic) bond motifs is 1. The number of amides is 1. The van der Waals surface area contributed by atoms with E-state index in [1.54, 1.807) is 60.7 Å². The van der Waals surface area contributed by atoms with E-state index in [1.807, 2.05) is 0 Å². The van der Waals surface area contributed by atoms with Gasteiger partial charge in [0.2, 0.25) is 0 Å². The lowest BCUT2D eigenvalue weighted by atomic mass is 9.88. The smallest absolute Gasteiger partial charge is 0.264 e. The van der Waals surface area contributed by atoms with Crippen LogP contribution >= 0.6 is 0 Å². The fourth-order valence-corrected chi connectivity index (χ4v) is 3.72. The van der Waals surface area contributed by atoms with Crippen molar-refractivity contribution in [2.75, 3.05) is 12.0 Å². The molecule has 1 aliphatic heterocycles. The minimum absolute atomic E-state index is 0.162. The zero-order chi connectivity index (χ0) is 21.3. The number of hydrogen-bond donors (Lipinski definition) is 1. The van der Waals surface area contributed by atoms with Crippen molar-refractivity contribution in [2.45, 2.75) is 18.6 Å². The van der Waals surface area contributed by atoms with Crippen molar-refractivity contribution in [3.63, 3.8) is 0 Å². The molecule has 1 amide bonds. The fourth-order valence-electron chi connectivity index (χ4n) is 3.72. The zero-order valence-corrected chi connectivity index (χ0v) is 16.3. The van der Waals surface area contributed by atoms with Gasteiger partial charge in [-0.05, 0) is 48.0 Å². The molecule has 3 aromatic carbocycles. The average Bonchev–Trinajstić information content (AvgIpc) is 2.97. The molecule has 1 atom stereocenters. The zero-order valence-electron chi connectivity index (χ0n) is 16.3. The Balaban J connectivity index is 1.64. The first kappa shape index (κ1) is 19.8. The summed E-state index contributed by atoms with van der Waals surface area (Å²) in [7, 11) is 1.53. The molecule has 1 heterocycles. The minimum atomic E-state index is -1.96. The molecule has 0 radical (unpaired) electrons. The van der Waals surface area contributed by atoms with Crippen molar-refractivity contribution in [3.8, 4) is 5.75 Å². The van der Waals surface area contributed by atoms with Crippen LogP contribution in [-0.2, 0) is 16.9 Å². The number of benzene rings is 3. The number of ketones is 1. The SMILES string of the molecule is COc1ccc(C(=O)C[C@@]2(O)C(=O)N(Cc3ccc(F)cc3)c3ccccc32)cc1. The van der Waals surface area contributed by atoms with Crippen molar-refractivity contribution in [2.24, 2.45) is 0 Å². The van der Waals surface area contributed by atoms with Crippen LogP contribution in [0.25, 0.3) is 0 Å². The molecule has 0 spiro atoms. The molecule has 0 saturated carbocycles. The molecule has 0 bridgehead atoms. The van der Waals surface area contributed by atoms with Gasteiger partial charge in [-0.2, -0.15) is 0 Å². The fraction of sp³-hybridized carbons (Fsp3) is 0.167. The van der Waals surface area contributed by atoms with Crippen molar-refractivity contribution in [3.05, 3.63) is 95.3 Å². The predicted molar refractivity (Wildman–Crippen MR) is 110 cm³/mol. The van der Waals surface area contributed by atoms with E-state index in [1.165, 1.54) is 24.1 Å². The van der Waals surface area contributed by atoms with Gasteiger partial charge in [0.05, 0.1) is 25.8 Å². The summed E-state index contributed by atoms with van der Waals surface area (Å²) in [6.45, 7) is 0.162. The van der Waals surface area contributed by atoms with Crippen LogP contribution in [0.15, 0.2) is 72.8 Å². The number of ether oxygens (including phenoxy) is 1. The number of carbonyl (C=O) groups is 2. The minimum Gasteiger partial charge on any atom is -0.497 e. The second kappa shape index (κ2) is 7.72. The number of halogens is 1. The number of Topliss-reactive ketones (excluding diaryl/α,β-unsaturated/α-hetero) is 1. The van der Waals surface area contributed by atoms with Crippen LogP contribution in [0.4, 0.5) is 10.1 Å². The van der Waals surface area contributed by atoms with Crippen molar-refractivity contribution >= 4 is 17.4 Å². The molecule has 0 saturated heterocycles. The van der Waals surface area contributed by atoms with Crippen molar-refractivity contribution in [1.82, 2.24) is 0 Å². The second-order valence-corrected chi connectivity index (χ2v) is 7.22. The molecule has 0 aliphatic carbocycles. The summed E-state index contributed by atoms with van der Waals surface area (Å²) in [6, 6.07) is 19.2. The first-order chi connectivity index (χ1) is 14.4. The third-order valence-electron chi connectivity index (χ3n) is 5.32. The summed E-state index contributed by atoms with van der Waals surface area (Å²) in [5, 5.41) is 11.3. The molecular weight excluding hydrogens is 385 g/mol. The van der Waals surface area contributed by atoms with Crippen LogP contribution in [0.3, 0.4) is 0 Å². The quantitative estimate of drug-likeness (QED) is 0.633. The van der Waals surface area contributed by atoms with E-state index in [0.29, 0.717) is 28.1 Å². The normalized spacial score (nSPS) is 17.7. The topological polar surface area (TPSA) is 66.8 Å². The molecule has 152 valence electrons. The first-order valence-electron chi connectivity index (χ1n) is 9.48. The highest BCUT2D eigenvalue weighted by atomic mass is 19.1. The Bertz CT molecular complexity index is 1090. The summed E-state index contributed by atoms with van der Waals surface area (Å²) >= 11 is 0. The van der Waals surface area contributed by atoms with Gasteiger partial charge in [-0.25, -0.2) is 4.39 Å². The van der Waals surface area contributed by atoms with E-state index in [4.69, 9.17) is 4.74 Å². The number of methoxy groups -OCH3 is 1. The molecule has 4 rings (SSSR count). The highest BCUT2D eigenvalue weighted by molar-refractivity contribution is 6.10. The lowest BCUT2D eigenvalue weighted by Crippen LogP contribution is -2.41. The van der Waals surface area contributed by atoms with Crippen LogP contribution in [0.5, 0.6) is 5.75 Å². The second-order valence-electron chi connectivity index (χ2n) is 7.22. The summed E-state index contributed by atoms with van der Waals surface area (Å²) < 4.78 is 18.3. The monoisotopic (exact) mass is 405 g/mol. The first-order valence-corrected chi connectivity index (χ1v) is 9.48. The molecule has 6 heteroatoms. The van der Waals surface area contributed by atoms with E-state index < -0.39 is 11.5 Å². The number of hydrogen-bond acceptors (Lipinski definition) is 4. The number of carbonyl (C=O) groups excluding carboxylic acids is 2. The number of anilines is 1. The maximum Gasteiger partial charge on any atom is 0.264 e. The Morgan fingerprint density at radius 1 is 1.03 bits per heavy atom. The number of rotatable bonds is 6. The van der Waals surface area contributed by atoms with Gasteiger partial charge in [0.25, 0.3) is 5.91 Å². The highest BCUT2D eigenvalue weighted by Crippen LogP contribution is 2.43. The molecule has 0 unspecified atom stereocenters. The number of para-hydroxylation sites is 1. The van der Waals surface area contributed by atoms with Crippen LogP contribution < -0.4 is 9.64 Å². The van der Waals surface area contributed by atoms with Gasteiger partial charge in [-0.3, -0.25) is 9.59 Å². The van der Waals surface area contributed by atoms with E-state index in [-0.39, 0.29) is 24.6 Å². The van der Waals surface area contributed by atoms with Gasteiger partial charge in [-0.15, -0.1) is 0 Å². The van der Waals surface area contributed by atoms with Gasteiger partial charge in [-0.1, -0.05) is 30.3 Å². The largest absolute Gasteiger partial charge is 0.497 e. The van der Waals surface area contributed by atoms with E-state index in [2.05, 4.69) is 0 Å². The van der Waals surface area contributed by atoms with E-state index in [9.17, 15) is 19.1 Å². The van der Waals surface area contributed by atoms with Gasteiger partial charge >= 0.3 is 0 Å². The molecule has 1 N–H and O–H groups in total. The molecule has 0 fully saturated rings. The van der Waals surface area contributed by atoms with Crippen molar-refractivity contribution in [1.29, 1.82) is 0 Å². The third-order valence-corrected chi connectivity index (χ3v) is 5.32. The number of aliphatic hydroxyl groups is 1. The molecule has 30 heavy (non-hydrogen) atoms. The third kappa shape index (κ3) is 3.46. The molecule has 5 nitrogen and oxygen atoms in total. The van der Waals surface area contributed by atoms with Gasteiger partial charge in [0.1, 0.15) is 11.6 Å². The predicted octanol–water partition coefficient (Wildman–Crippen LogP) is 3.84. The summed E-state index contributed by atoms with van der Waals surface area (Å²) in [6.07, 6.45) is -0.380. The van der Waals surface area contributed by atoms with Crippen molar-refractivity contribution < 1.29 is 23.8 Å². The maximum atomic E-state index is 13.3. The highest BCUT2D eigenvalue weighted by Gasteiger charge is 2.50. The standard InChI is InChI=1S/C24H20FNO4/c1-30-19-12-8-17(9-13-19)22(27)14-24(29)20-4-2-3-5-21(20)26(23(24)28)15-16-6-10-18(25)11-7-16/h2-13,29H,14-15H2,1H3/t24-/m0/s1. The van der Waals surface area contributed by atoms with Gasteiger partial charge in [0.15, 0.2) is 11.4 Å². The summed E-state index contributed by atoms with van der Waals surface area (Å²) in [5.41, 5.74) is 0.0563. The average molecular weight is 405 g/mol. The summed E-state index contributed by atoms with van der Waals surface area (Å²) in [5.74, 6) is -0.687. The lowest BCUT2D eigenvalue weighted by Gasteiger charge is -2.23. The van der Waals surface area contributed by atoms with Crippen LogP contribution in [0.2, 0.25) is 0 Å². The van der Waals surface area contributed by atoms with Crippen LogP contribution in [0, 0.1) is 5.82 Å². The van der Waals surface area contributed by atoms with Crippen LogP contribution in [0.1, 0.15) is 27.9 Å². The van der Waals surface area contributed by atoms with Gasteiger partial charge in [0, 0.05) is 11.1 Å². The molecule has 1 aliphatic rings. The van der Waals surface area contributed by atoms with E-state index in [0.717, 1.165) is 0 Å². The van der Waals surface area contributed by atoms with Crippen LogP contribution in [-0.4, -0.2) is 23.9 Å². The Kier molecular flexibility index (Phi) is 5.10. The van der Waals surface area contributed by atoms with E-state index >= 15 is 0 Å².